The van der Waals surface area contributed by atoms with Gasteiger partial charge in [0.15, 0.2) is 5.76 Å². The molecule has 0 saturated carbocycles. The van der Waals surface area contributed by atoms with Crippen LogP contribution >= 0.6 is 0 Å². The van der Waals surface area contributed by atoms with Crippen LogP contribution in [-0.2, 0) is 20.8 Å². The number of aliphatic hydroxyl groups is 1. The Balaban J connectivity index is 1.30. The first-order valence-electron chi connectivity index (χ1n) is 13.9. The van der Waals surface area contributed by atoms with Crippen LogP contribution in [0, 0.1) is 5.92 Å². The van der Waals surface area contributed by atoms with Crippen LogP contribution in [0.25, 0.3) is 22.6 Å². The lowest BCUT2D eigenvalue weighted by Gasteiger charge is -2.30. The summed E-state index contributed by atoms with van der Waals surface area (Å²) in [5.74, 6) is -1.33. The van der Waals surface area contributed by atoms with Crippen LogP contribution in [0.15, 0.2) is 83.6 Å². The Bertz CT molecular complexity index is 1520. The maximum atomic E-state index is 13.8. The van der Waals surface area contributed by atoms with Crippen LogP contribution in [0.3, 0.4) is 0 Å². The molecule has 0 unspecified atom stereocenters. The van der Waals surface area contributed by atoms with Gasteiger partial charge in [-0.3, -0.25) is 14.4 Å². The van der Waals surface area contributed by atoms with Gasteiger partial charge in [-0.15, -0.1) is 5.10 Å². The summed E-state index contributed by atoms with van der Waals surface area (Å²) in [6.07, 6.45) is 2.46. The number of aromatic nitrogens is 3. The number of carbonyl (C=O) groups is 3. The van der Waals surface area contributed by atoms with E-state index < -0.39 is 36.0 Å². The Kier molecular flexibility index (Phi) is 8.48. The molecular formula is C31H34N6O5. The van der Waals surface area contributed by atoms with Gasteiger partial charge in [0.25, 0.3) is 0 Å². The fourth-order valence-electron chi connectivity index (χ4n) is 5.32. The molecule has 0 bridgehead atoms. The summed E-state index contributed by atoms with van der Waals surface area (Å²) in [6.45, 7) is 3.71. The molecule has 3 heterocycles. The van der Waals surface area contributed by atoms with Gasteiger partial charge in [-0.25, -0.2) is 4.68 Å². The van der Waals surface area contributed by atoms with E-state index in [2.05, 4.69) is 15.6 Å². The highest BCUT2D eigenvalue weighted by Crippen LogP contribution is 2.28. The molecule has 1 aliphatic heterocycles. The molecule has 11 heteroatoms. The summed E-state index contributed by atoms with van der Waals surface area (Å²) in [5.41, 5.74) is 9.05. The van der Waals surface area contributed by atoms with Crippen molar-refractivity contribution in [3.8, 4) is 22.6 Å². The number of benzene rings is 2. The van der Waals surface area contributed by atoms with Crippen LogP contribution in [0.5, 0.6) is 0 Å². The smallest absolute Gasteiger partial charge is 0.248 e. The summed E-state index contributed by atoms with van der Waals surface area (Å²) in [5, 5.41) is 21.5. The van der Waals surface area contributed by atoms with E-state index in [0.29, 0.717) is 11.5 Å². The van der Waals surface area contributed by atoms with Crippen molar-refractivity contribution in [2.24, 2.45) is 11.7 Å². The number of amides is 3. The first-order valence-corrected chi connectivity index (χ1v) is 13.9. The van der Waals surface area contributed by atoms with Crippen LogP contribution in [0.1, 0.15) is 31.9 Å². The Morgan fingerprint density at radius 1 is 1.05 bits per heavy atom. The quantitative estimate of drug-likeness (QED) is 0.265. The number of β-amino-alcohol motifs (C(OH)–C–C–N with tert-alkyl or cyclic N) is 1. The van der Waals surface area contributed by atoms with Gasteiger partial charge >= 0.3 is 0 Å². The normalized spacial score (nSPS) is 18.1. The van der Waals surface area contributed by atoms with Gasteiger partial charge in [0.2, 0.25) is 17.7 Å². The van der Waals surface area contributed by atoms with E-state index in [1.807, 2.05) is 68.4 Å². The highest BCUT2D eigenvalue weighted by molar-refractivity contribution is 5.93. The van der Waals surface area contributed by atoms with Gasteiger partial charge < -0.3 is 25.5 Å². The standard InChI is InChI=1S/C31H34N6O5/c1-19(2)28(37-18-25(34-35-37)27-9-6-14-42-27)31(41)36-17-23(38)16-26(36)30(40)33-24(29(32)39)15-20-10-12-22(13-11-20)21-7-4-3-5-8-21/h3-14,18-19,23-24,26,28,38H,15-17H2,1-2H3,(H2,32,39)(H,33,40)/t23-,24-,26+,28+/m1/s1. The maximum absolute atomic E-state index is 13.8. The molecule has 0 aliphatic carbocycles. The number of nitrogens with two attached hydrogens (primary N) is 1. The molecule has 5 rings (SSSR count). The van der Waals surface area contributed by atoms with Gasteiger partial charge in [-0.05, 0) is 34.7 Å². The third-order valence-electron chi connectivity index (χ3n) is 7.48. The topological polar surface area (TPSA) is 157 Å². The van der Waals surface area contributed by atoms with Crippen molar-refractivity contribution in [3.63, 3.8) is 0 Å². The van der Waals surface area contributed by atoms with Crippen molar-refractivity contribution in [1.82, 2.24) is 25.2 Å². The van der Waals surface area contributed by atoms with E-state index in [1.165, 1.54) is 15.8 Å². The molecule has 0 radical (unpaired) electrons. The van der Waals surface area contributed by atoms with Crippen LogP contribution in [0.4, 0.5) is 0 Å². The zero-order valence-corrected chi connectivity index (χ0v) is 23.5. The third kappa shape index (κ3) is 6.26. The van der Waals surface area contributed by atoms with E-state index in [1.54, 1.807) is 18.3 Å². The van der Waals surface area contributed by atoms with Crippen LogP contribution in [0.2, 0.25) is 0 Å². The summed E-state index contributed by atoms with van der Waals surface area (Å²) in [6, 6.07) is 18.3. The second kappa shape index (κ2) is 12.4. The molecule has 1 fully saturated rings. The SMILES string of the molecule is CC(C)[C@@H](C(=O)N1C[C@H](O)C[C@H]1C(=O)N[C@H](Cc1ccc(-c2ccccc2)cc1)C(N)=O)n1cc(-c2ccco2)nn1. The zero-order valence-electron chi connectivity index (χ0n) is 23.5. The van der Waals surface area contributed by atoms with Gasteiger partial charge in [-0.2, -0.15) is 0 Å². The summed E-state index contributed by atoms with van der Waals surface area (Å²) < 4.78 is 6.84. The molecule has 4 aromatic rings. The molecule has 1 aliphatic rings. The van der Waals surface area contributed by atoms with E-state index in [9.17, 15) is 19.5 Å². The largest absolute Gasteiger partial charge is 0.463 e. The van der Waals surface area contributed by atoms with Gasteiger partial charge in [0.1, 0.15) is 23.8 Å². The Morgan fingerprint density at radius 3 is 2.40 bits per heavy atom. The minimum atomic E-state index is -0.998. The predicted octanol–water partition coefficient (Wildman–Crippen LogP) is 2.58. The average molecular weight is 571 g/mol. The van der Waals surface area contributed by atoms with Crippen molar-refractivity contribution >= 4 is 17.7 Å². The minimum Gasteiger partial charge on any atom is -0.463 e. The average Bonchev–Trinajstić information content (AvgIpc) is 3.75. The number of likely N-dealkylation sites (tertiary alicyclic amines) is 1. The lowest BCUT2D eigenvalue weighted by atomic mass is 10.00. The van der Waals surface area contributed by atoms with E-state index in [4.69, 9.17) is 10.2 Å². The van der Waals surface area contributed by atoms with Crippen molar-refractivity contribution in [3.05, 3.63) is 84.8 Å². The van der Waals surface area contributed by atoms with Gasteiger partial charge in [0, 0.05) is 19.4 Å². The molecular weight excluding hydrogens is 536 g/mol. The van der Waals surface area contributed by atoms with E-state index in [-0.39, 0.29) is 31.2 Å². The number of nitrogens with zero attached hydrogens (tertiary/aromatic N) is 4. The molecule has 42 heavy (non-hydrogen) atoms. The van der Waals surface area contributed by atoms with Crippen LogP contribution in [-0.4, -0.2) is 67.5 Å². The lowest BCUT2D eigenvalue weighted by Crippen LogP contribution is -2.54. The highest BCUT2D eigenvalue weighted by atomic mass is 16.3. The second-order valence-corrected chi connectivity index (χ2v) is 10.9. The highest BCUT2D eigenvalue weighted by Gasteiger charge is 2.43. The number of carbonyl (C=O) groups excluding carboxylic acids is 3. The Morgan fingerprint density at radius 2 is 1.76 bits per heavy atom. The fraction of sp³-hybridized carbons (Fsp3) is 0.323. The van der Waals surface area contributed by atoms with E-state index in [0.717, 1.165) is 16.7 Å². The first kappa shape index (κ1) is 28.7. The van der Waals surface area contributed by atoms with Crippen molar-refractivity contribution in [1.29, 1.82) is 0 Å². The molecule has 4 N–H and O–H groups in total. The lowest BCUT2D eigenvalue weighted by molar-refractivity contribution is -0.143. The molecule has 0 spiro atoms. The summed E-state index contributed by atoms with van der Waals surface area (Å²) in [4.78, 5) is 41.0. The fourth-order valence-corrected chi connectivity index (χ4v) is 5.32. The number of hydrogen-bond acceptors (Lipinski definition) is 7. The van der Waals surface area contributed by atoms with Crippen LogP contribution < -0.4 is 11.1 Å². The first-order chi connectivity index (χ1) is 20.2. The van der Waals surface area contributed by atoms with E-state index >= 15 is 0 Å². The van der Waals surface area contributed by atoms with Gasteiger partial charge in [0.05, 0.1) is 18.6 Å². The Hall–Kier alpha value is -4.77. The summed E-state index contributed by atoms with van der Waals surface area (Å²) >= 11 is 0. The van der Waals surface area contributed by atoms with Crippen molar-refractivity contribution in [2.75, 3.05) is 6.54 Å². The molecule has 4 atom stereocenters. The zero-order chi connectivity index (χ0) is 29.8. The molecule has 1 saturated heterocycles. The number of nitrogens with one attached hydrogen (secondary N) is 1. The maximum Gasteiger partial charge on any atom is 0.248 e. The van der Waals surface area contributed by atoms with Crippen molar-refractivity contribution < 1.29 is 23.9 Å². The molecule has 3 amide bonds. The second-order valence-electron chi connectivity index (χ2n) is 10.9. The molecule has 11 nitrogen and oxygen atoms in total. The number of hydrogen-bond donors (Lipinski definition) is 3. The predicted molar refractivity (Wildman–Crippen MR) is 154 cm³/mol. The molecule has 2 aromatic carbocycles. The summed E-state index contributed by atoms with van der Waals surface area (Å²) in [7, 11) is 0. The minimum absolute atomic E-state index is 0.0257. The molecule has 2 aromatic heterocycles. The number of furan rings is 1. The Labute approximate surface area is 243 Å². The number of rotatable bonds is 10. The number of aliphatic hydroxyl groups excluding tert-OH is 1. The van der Waals surface area contributed by atoms with Gasteiger partial charge in [-0.1, -0.05) is 73.7 Å². The number of primary amides is 1. The monoisotopic (exact) mass is 570 g/mol. The van der Waals surface area contributed by atoms with Crippen molar-refractivity contribution in [2.45, 2.75) is 50.9 Å². The molecule has 218 valence electrons. The third-order valence-corrected chi connectivity index (χ3v) is 7.48.